The lowest BCUT2D eigenvalue weighted by atomic mass is 10.2. The Morgan fingerprint density at radius 1 is 1.25 bits per heavy atom. The highest BCUT2D eigenvalue weighted by Crippen LogP contribution is 2.20. The van der Waals surface area contributed by atoms with Crippen molar-refractivity contribution < 1.29 is 9.36 Å². The Hall–Kier alpha value is -1.18. The number of ketones is 1. The fourth-order valence-electron chi connectivity index (χ4n) is 1.73. The standard InChI is InChI=1S/C10H12NO/c12-10-6-4-5-9(10)11-7-2-1-3-8-11/h1-3,7-9H,4-6H2/q+1. The first-order valence-corrected chi connectivity index (χ1v) is 4.36. The predicted octanol–water partition coefficient (Wildman–Crippen LogP) is 1.27. The van der Waals surface area contributed by atoms with Gasteiger partial charge in [-0.3, -0.25) is 4.79 Å². The van der Waals surface area contributed by atoms with E-state index < -0.39 is 0 Å². The largest absolute Gasteiger partial charge is 0.292 e. The van der Waals surface area contributed by atoms with Crippen LogP contribution in [0, 0.1) is 0 Å². The maximum absolute atomic E-state index is 11.4. The van der Waals surface area contributed by atoms with Gasteiger partial charge < -0.3 is 0 Å². The van der Waals surface area contributed by atoms with E-state index in [0.29, 0.717) is 5.78 Å². The van der Waals surface area contributed by atoms with Crippen molar-refractivity contribution in [1.29, 1.82) is 0 Å². The lowest BCUT2D eigenvalue weighted by molar-refractivity contribution is -0.708. The summed E-state index contributed by atoms with van der Waals surface area (Å²) >= 11 is 0. The van der Waals surface area contributed by atoms with Crippen LogP contribution in [-0.2, 0) is 4.79 Å². The van der Waals surface area contributed by atoms with Gasteiger partial charge in [-0.2, -0.15) is 4.57 Å². The molecule has 0 saturated heterocycles. The van der Waals surface area contributed by atoms with E-state index in [-0.39, 0.29) is 6.04 Å². The summed E-state index contributed by atoms with van der Waals surface area (Å²) in [5.74, 6) is 0.381. The van der Waals surface area contributed by atoms with Crippen LogP contribution < -0.4 is 4.57 Å². The van der Waals surface area contributed by atoms with Gasteiger partial charge in [0, 0.05) is 25.0 Å². The monoisotopic (exact) mass is 162 g/mol. The Balaban J connectivity index is 2.25. The Kier molecular flexibility index (Phi) is 1.90. The summed E-state index contributed by atoms with van der Waals surface area (Å²) < 4.78 is 2.01. The SMILES string of the molecule is O=C1CCCC1[n+]1ccccc1. The second kappa shape index (κ2) is 3.05. The van der Waals surface area contributed by atoms with Crippen LogP contribution in [0.2, 0.25) is 0 Å². The van der Waals surface area contributed by atoms with Crippen molar-refractivity contribution in [2.75, 3.05) is 0 Å². The normalized spacial score (nSPS) is 23.0. The zero-order valence-corrected chi connectivity index (χ0v) is 6.94. The summed E-state index contributed by atoms with van der Waals surface area (Å²) in [6, 6.07) is 6.01. The first-order chi connectivity index (χ1) is 5.88. The number of nitrogens with zero attached hydrogens (tertiary/aromatic N) is 1. The molecule has 12 heavy (non-hydrogen) atoms. The maximum atomic E-state index is 11.4. The number of hydrogen-bond donors (Lipinski definition) is 0. The molecule has 0 aromatic carbocycles. The first-order valence-electron chi connectivity index (χ1n) is 4.36. The van der Waals surface area contributed by atoms with E-state index in [4.69, 9.17) is 0 Å². The Bertz CT molecular complexity index is 281. The van der Waals surface area contributed by atoms with Gasteiger partial charge in [-0.15, -0.1) is 0 Å². The van der Waals surface area contributed by atoms with E-state index in [1.54, 1.807) is 0 Å². The van der Waals surface area contributed by atoms with Crippen molar-refractivity contribution in [2.45, 2.75) is 25.3 Å². The molecule has 62 valence electrons. The number of hydrogen-bond acceptors (Lipinski definition) is 1. The molecule has 1 fully saturated rings. The van der Waals surface area contributed by atoms with Crippen LogP contribution in [0.1, 0.15) is 25.3 Å². The van der Waals surface area contributed by atoms with Crippen LogP contribution in [0.5, 0.6) is 0 Å². The minimum absolute atomic E-state index is 0.117. The minimum Gasteiger partial charge on any atom is -0.292 e. The predicted molar refractivity (Wildman–Crippen MR) is 44.5 cm³/mol. The molecule has 1 aromatic rings. The van der Waals surface area contributed by atoms with Crippen LogP contribution >= 0.6 is 0 Å². The number of rotatable bonds is 1. The van der Waals surface area contributed by atoms with Crippen LogP contribution in [0.25, 0.3) is 0 Å². The average Bonchev–Trinajstić information content (AvgIpc) is 2.53. The van der Waals surface area contributed by atoms with E-state index >= 15 is 0 Å². The summed E-state index contributed by atoms with van der Waals surface area (Å²) in [6.07, 6.45) is 6.74. The molecule has 1 unspecified atom stereocenters. The zero-order valence-electron chi connectivity index (χ0n) is 6.94. The molecule has 1 aliphatic rings. The molecule has 1 aromatic heterocycles. The van der Waals surface area contributed by atoms with Crippen molar-refractivity contribution in [3.8, 4) is 0 Å². The van der Waals surface area contributed by atoms with Crippen LogP contribution in [0.3, 0.4) is 0 Å². The molecule has 1 saturated carbocycles. The molecular formula is C10H12NO+. The molecule has 0 spiro atoms. The highest BCUT2D eigenvalue weighted by Gasteiger charge is 2.31. The lowest BCUT2D eigenvalue weighted by Gasteiger charge is -2.00. The molecule has 0 N–H and O–H groups in total. The Morgan fingerprint density at radius 2 is 2.00 bits per heavy atom. The summed E-state index contributed by atoms with van der Waals surface area (Å²) in [6.45, 7) is 0. The highest BCUT2D eigenvalue weighted by atomic mass is 16.1. The summed E-state index contributed by atoms with van der Waals surface area (Å²) in [5.41, 5.74) is 0. The number of aromatic nitrogens is 1. The third-order valence-electron chi connectivity index (χ3n) is 2.37. The van der Waals surface area contributed by atoms with E-state index in [1.807, 2.05) is 35.2 Å². The summed E-state index contributed by atoms with van der Waals surface area (Å²) in [5, 5.41) is 0. The van der Waals surface area contributed by atoms with Gasteiger partial charge in [0.1, 0.15) is 0 Å². The van der Waals surface area contributed by atoms with Crippen molar-refractivity contribution in [1.82, 2.24) is 0 Å². The highest BCUT2D eigenvalue weighted by molar-refractivity contribution is 5.82. The molecule has 0 radical (unpaired) electrons. The quantitative estimate of drug-likeness (QED) is 0.570. The molecule has 1 atom stereocenters. The molecular weight excluding hydrogens is 150 g/mol. The topological polar surface area (TPSA) is 20.9 Å². The van der Waals surface area contributed by atoms with Gasteiger partial charge in [0.15, 0.2) is 12.4 Å². The number of carbonyl (C=O) groups is 1. The van der Waals surface area contributed by atoms with Gasteiger partial charge in [0.05, 0.1) is 0 Å². The zero-order chi connectivity index (χ0) is 8.39. The Labute approximate surface area is 71.8 Å². The number of pyridine rings is 1. The molecule has 2 rings (SSSR count). The molecule has 0 aliphatic heterocycles. The molecule has 1 aliphatic carbocycles. The van der Waals surface area contributed by atoms with Crippen molar-refractivity contribution in [3.05, 3.63) is 30.6 Å². The van der Waals surface area contributed by atoms with E-state index in [1.165, 1.54) is 0 Å². The third kappa shape index (κ3) is 1.24. The maximum Gasteiger partial charge on any atom is 0.216 e. The van der Waals surface area contributed by atoms with Gasteiger partial charge in [0.25, 0.3) is 0 Å². The van der Waals surface area contributed by atoms with Crippen molar-refractivity contribution in [3.63, 3.8) is 0 Å². The van der Waals surface area contributed by atoms with Gasteiger partial charge in [-0.05, 0) is 6.42 Å². The molecule has 0 bridgehead atoms. The fourth-order valence-corrected chi connectivity index (χ4v) is 1.73. The van der Waals surface area contributed by atoms with Gasteiger partial charge >= 0.3 is 0 Å². The molecule has 0 amide bonds. The smallest absolute Gasteiger partial charge is 0.216 e. The van der Waals surface area contributed by atoms with E-state index in [0.717, 1.165) is 19.3 Å². The van der Waals surface area contributed by atoms with Gasteiger partial charge in [-0.1, -0.05) is 6.07 Å². The number of Topliss-reactive ketones (excluding diaryl/α,β-unsaturated/α-hetero) is 1. The second-order valence-electron chi connectivity index (χ2n) is 3.20. The van der Waals surface area contributed by atoms with E-state index in [9.17, 15) is 4.79 Å². The van der Waals surface area contributed by atoms with Gasteiger partial charge in [-0.25, -0.2) is 0 Å². The Morgan fingerprint density at radius 3 is 2.58 bits per heavy atom. The average molecular weight is 162 g/mol. The summed E-state index contributed by atoms with van der Waals surface area (Å²) in [4.78, 5) is 11.4. The lowest BCUT2D eigenvalue weighted by Crippen LogP contribution is -2.40. The van der Waals surface area contributed by atoms with Gasteiger partial charge in [0.2, 0.25) is 11.8 Å². The van der Waals surface area contributed by atoms with Crippen LogP contribution in [0.15, 0.2) is 30.6 Å². The summed E-state index contributed by atoms with van der Waals surface area (Å²) in [7, 11) is 0. The van der Waals surface area contributed by atoms with Crippen LogP contribution in [0.4, 0.5) is 0 Å². The second-order valence-corrected chi connectivity index (χ2v) is 3.20. The van der Waals surface area contributed by atoms with Crippen LogP contribution in [-0.4, -0.2) is 5.78 Å². The van der Waals surface area contributed by atoms with E-state index in [2.05, 4.69) is 0 Å². The number of carbonyl (C=O) groups excluding carboxylic acids is 1. The molecule has 2 heteroatoms. The third-order valence-corrected chi connectivity index (χ3v) is 2.37. The minimum atomic E-state index is 0.117. The molecule has 1 heterocycles. The molecule has 2 nitrogen and oxygen atoms in total. The first kappa shape index (κ1) is 7.47. The fraction of sp³-hybridized carbons (Fsp3) is 0.400. The van der Waals surface area contributed by atoms with Crippen molar-refractivity contribution >= 4 is 5.78 Å². The van der Waals surface area contributed by atoms with Crippen molar-refractivity contribution in [2.24, 2.45) is 0 Å².